The molecule has 0 aromatic heterocycles. The Bertz CT molecular complexity index is 602. The molecule has 0 aliphatic carbocycles. The van der Waals surface area contributed by atoms with Gasteiger partial charge in [0.15, 0.2) is 0 Å². The Morgan fingerprint density at radius 1 is 1.33 bits per heavy atom. The molecule has 0 saturated heterocycles. The Balaban J connectivity index is 3.26. The summed E-state index contributed by atoms with van der Waals surface area (Å²) >= 11 is 0. The molecular weight excluding hydrogens is 288 g/mol. The fourth-order valence-electron chi connectivity index (χ4n) is 1.95. The minimum Gasteiger partial charge on any atom is -0.496 e. The Kier molecular flexibility index (Phi) is 5.41. The van der Waals surface area contributed by atoms with E-state index >= 15 is 0 Å². The molecule has 6 heteroatoms. The van der Waals surface area contributed by atoms with Crippen LogP contribution in [0.15, 0.2) is 17.0 Å². The smallest absolute Gasteiger partial charge is 0.240 e. The van der Waals surface area contributed by atoms with Crippen molar-refractivity contribution < 1.29 is 13.2 Å². The van der Waals surface area contributed by atoms with Crippen LogP contribution in [-0.2, 0) is 10.0 Å². The molecule has 21 heavy (non-hydrogen) atoms. The van der Waals surface area contributed by atoms with Crippen LogP contribution in [0.2, 0.25) is 0 Å². The molecule has 0 heterocycles. The van der Waals surface area contributed by atoms with E-state index in [-0.39, 0.29) is 17.4 Å². The summed E-state index contributed by atoms with van der Waals surface area (Å²) in [5.41, 5.74) is 6.76. The number of methoxy groups -OCH3 is 1. The predicted octanol–water partition coefficient (Wildman–Crippen LogP) is 2.14. The number of nitrogens with two attached hydrogens (primary N) is 1. The number of benzene rings is 1. The summed E-state index contributed by atoms with van der Waals surface area (Å²) < 4.78 is 32.8. The molecule has 0 bridgehead atoms. The number of ether oxygens (including phenoxy) is 1. The van der Waals surface area contributed by atoms with Gasteiger partial charge >= 0.3 is 0 Å². The zero-order valence-corrected chi connectivity index (χ0v) is 14.5. The van der Waals surface area contributed by atoms with E-state index in [0.717, 1.165) is 5.56 Å². The quantitative estimate of drug-likeness (QED) is 0.843. The van der Waals surface area contributed by atoms with Gasteiger partial charge in [-0.3, -0.25) is 0 Å². The Hall–Kier alpha value is -1.11. The summed E-state index contributed by atoms with van der Waals surface area (Å²) in [7, 11) is -2.00. The van der Waals surface area contributed by atoms with Gasteiger partial charge in [0, 0.05) is 12.1 Å². The van der Waals surface area contributed by atoms with Crippen molar-refractivity contribution in [3.05, 3.63) is 23.3 Å². The molecule has 0 unspecified atom stereocenters. The first-order valence-corrected chi connectivity index (χ1v) is 8.43. The molecule has 3 N–H and O–H groups in total. The van der Waals surface area contributed by atoms with Gasteiger partial charge < -0.3 is 10.5 Å². The van der Waals surface area contributed by atoms with Gasteiger partial charge in [0.05, 0.1) is 12.0 Å². The van der Waals surface area contributed by atoms with E-state index < -0.39 is 15.6 Å². The van der Waals surface area contributed by atoms with Crippen molar-refractivity contribution in [1.82, 2.24) is 4.72 Å². The molecule has 0 atom stereocenters. The van der Waals surface area contributed by atoms with Crippen LogP contribution in [0.5, 0.6) is 5.75 Å². The standard InChI is InChI=1S/C15H26N2O3S/c1-10(2)12-8-14(11(3)7-13(12)20-6)21(18,19)17-9-15(4,5)16/h7-8,10,17H,9,16H2,1-6H3. The zero-order chi connectivity index (χ0) is 16.4. The molecule has 0 aliphatic heterocycles. The molecule has 5 nitrogen and oxygen atoms in total. The maximum atomic E-state index is 12.5. The monoisotopic (exact) mass is 314 g/mol. The molecule has 0 aliphatic rings. The predicted molar refractivity (Wildman–Crippen MR) is 85.3 cm³/mol. The molecule has 1 aromatic rings. The first-order valence-electron chi connectivity index (χ1n) is 6.95. The lowest BCUT2D eigenvalue weighted by Crippen LogP contribution is -2.45. The van der Waals surface area contributed by atoms with Gasteiger partial charge in [-0.05, 0) is 49.9 Å². The normalized spacial score (nSPS) is 12.8. The van der Waals surface area contributed by atoms with Crippen LogP contribution in [-0.4, -0.2) is 27.6 Å². The zero-order valence-electron chi connectivity index (χ0n) is 13.6. The van der Waals surface area contributed by atoms with Gasteiger partial charge in [-0.1, -0.05) is 13.8 Å². The van der Waals surface area contributed by atoms with Gasteiger partial charge in [-0.25, -0.2) is 13.1 Å². The SMILES string of the molecule is COc1cc(C)c(S(=O)(=O)NCC(C)(C)N)cc1C(C)C. The van der Waals surface area contributed by atoms with Crippen LogP contribution >= 0.6 is 0 Å². The second-order valence-corrected chi connectivity index (χ2v) is 8.06. The lowest BCUT2D eigenvalue weighted by Gasteiger charge is -2.21. The molecular formula is C15H26N2O3S. The molecule has 1 aromatic carbocycles. The van der Waals surface area contributed by atoms with Gasteiger partial charge in [-0.2, -0.15) is 0 Å². The minimum atomic E-state index is -3.59. The highest BCUT2D eigenvalue weighted by atomic mass is 32.2. The number of rotatable bonds is 6. The van der Waals surface area contributed by atoms with Crippen molar-refractivity contribution in [2.75, 3.05) is 13.7 Å². The lowest BCUT2D eigenvalue weighted by molar-refractivity contribution is 0.406. The topological polar surface area (TPSA) is 81.4 Å². The molecule has 120 valence electrons. The van der Waals surface area contributed by atoms with Gasteiger partial charge in [0.2, 0.25) is 10.0 Å². The van der Waals surface area contributed by atoms with E-state index in [2.05, 4.69) is 4.72 Å². The third kappa shape index (κ3) is 4.69. The second-order valence-electron chi connectivity index (χ2n) is 6.33. The van der Waals surface area contributed by atoms with Crippen LogP contribution in [0, 0.1) is 6.92 Å². The average Bonchev–Trinajstić information content (AvgIpc) is 2.34. The van der Waals surface area contributed by atoms with E-state index in [1.807, 2.05) is 13.8 Å². The van der Waals surface area contributed by atoms with E-state index in [0.29, 0.717) is 11.3 Å². The molecule has 0 saturated carbocycles. The number of sulfonamides is 1. The number of hydrogen-bond acceptors (Lipinski definition) is 4. The van der Waals surface area contributed by atoms with Crippen molar-refractivity contribution in [2.45, 2.75) is 51.0 Å². The minimum absolute atomic E-state index is 0.167. The highest BCUT2D eigenvalue weighted by Crippen LogP contribution is 2.31. The fourth-order valence-corrected chi connectivity index (χ4v) is 3.44. The van der Waals surface area contributed by atoms with Gasteiger partial charge in [-0.15, -0.1) is 0 Å². The van der Waals surface area contributed by atoms with Crippen LogP contribution in [0.1, 0.15) is 44.7 Å². The highest BCUT2D eigenvalue weighted by molar-refractivity contribution is 7.89. The fraction of sp³-hybridized carbons (Fsp3) is 0.600. The van der Waals surface area contributed by atoms with E-state index in [1.54, 1.807) is 40.0 Å². The summed E-state index contributed by atoms with van der Waals surface area (Å²) in [6, 6.07) is 3.45. The second kappa shape index (κ2) is 6.34. The first-order chi connectivity index (χ1) is 9.48. The summed E-state index contributed by atoms with van der Waals surface area (Å²) in [6.07, 6.45) is 0. The average molecular weight is 314 g/mol. The molecule has 0 fully saturated rings. The maximum Gasteiger partial charge on any atom is 0.240 e. The number of aryl methyl sites for hydroxylation is 1. The molecule has 0 spiro atoms. The summed E-state index contributed by atoms with van der Waals surface area (Å²) in [4.78, 5) is 0.274. The Morgan fingerprint density at radius 2 is 1.90 bits per heavy atom. The van der Waals surface area contributed by atoms with Crippen molar-refractivity contribution in [3.63, 3.8) is 0 Å². The summed E-state index contributed by atoms with van der Waals surface area (Å²) in [5.74, 6) is 0.876. The van der Waals surface area contributed by atoms with E-state index in [4.69, 9.17) is 10.5 Å². The van der Waals surface area contributed by atoms with Gasteiger partial charge in [0.25, 0.3) is 0 Å². The van der Waals surface area contributed by atoms with Crippen molar-refractivity contribution in [3.8, 4) is 5.75 Å². The molecule has 0 amide bonds. The third-order valence-electron chi connectivity index (χ3n) is 3.16. The maximum absolute atomic E-state index is 12.5. The number of nitrogens with one attached hydrogen (secondary N) is 1. The van der Waals surface area contributed by atoms with Crippen LogP contribution in [0.4, 0.5) is 0 Å². The van der Waals surface area contributed by atoms with E-state index in [1.165, 1.54) is 0 Å². The van der Waals surface area contributed by atoms with E-state index in [9.17, 15) is 8.42 Å². The summed E-state index contributed by atoms with van der Waals surface area (Å²) in [6.45, 7) is 9.48. The summed E-state index contributed by atoms with van der Waals surface area (Å²) in [5, 5.41) is 0. The Morgan fingerprint density at radius 3 is 2.33 bits per heavy atom. The highest BCUT2D eigenvalue weighted by Gasteiger charge is 2.23. The number of hydrogen-bond donors (Lipinski definition) is 2. The largest absolute Gasteiger partial charge is 0.496 e. The first kappa shape index (κ1) is 17.9. The van der Waals surface area contributed by atoms with Crippen molar-refractivity contribution in [2.24, 2.45) is 5.73 Å². The van der Waals surface area contributed by atoms with Crippen molar-refractivity contribution >= 4 is 10.0 Å². The van der Waals surface area contributed by atoms with Crippen LogP contribution in [0.25, 0.3) is 0 Å². The van der Waals surface area contributed by atoms with Crippen molar-refractivity contribution in [1.29, 1.82) is 0 Å². The molecule has 0 radical (unpaired) electrons. The Labute approximate surface area is 127 Å². The van der Waals surface area contributed by atoms with Crippen LogP contribution in [0.3, 0.4) is 0 Å². The van der Waals surface area contributed by atoms with Crippen LogP contribution < -0.4 is 15.2 Å². The lowest BCUT2D eigenvalue weighted by atomic mass is 10.0. The van der Waals surface area contributed by atoms with Gasteiger partial charge in [0.1, 0.15) is 5.75 Å². The molecule has 1 rings (SSSR count). The third-order valence-corrected chi connectivity index (χ3v) is 4.70.